The van der Waals surface area contributed by atoms with Gasteiger partial charge in [0.05, 0.1) is 5.56 Å². The lowest BCUT2D eigenvalue weighted by Crippen LogP contribution is -2.35. The summed E-state index contributed by atoms with van der Waals surface area (Å²) in [6.07, 6.45) is 8.20. The minimum Gasteiger partial charge on any atom is -0.350 e. The van der Waals surface area contributed by atoms with Gasteiger partial charge in [-0.05, 0) is 63.5 Å². The fourth-order valence-electron chi connectivity index (χ4n) is 3.76. The molecule has 2 atom stereocenters. The fraction of sp³-hybridized carbons (Fsp3) is 0.647. The van der Waals surface area contributed by atoms with Gasteiger partial charge in [0.1, 0.15) is 11.9 Å². The predicted molar refractivity (Wildman–Crippen MR) is 80.8 cm³/mol. The van der Waals surface area contributed by atoms with Crippen LogP contribution in [0.4, 0.5) is 5.82 Å². The van der Waals surface area contributed by atoms with E-state index in [2.05, 4.69) is 30.9 Å². The van der Waals surface area contributed by atoms with Gasteiger partial charge in [-0.15, -0.1) is 0 Å². The molecular formula is C17H23N3. The van der Waals surface area contributed by atoms with E-state index < -0.39 is 0 Å². The van der Waals surface area contributed by atoms with Crippen LogP contribution in [0.15, 0.2) is 6.07 Å². The van der Waals surface area contributed by atoms with E-state index >= 15 is 0 Å². The van der Waals surface area contributed by atoms with Crippen molar-refractivity contribution in [2.45, 2.75) is 70.9 Å². The van der Waals surface area contributed by atoms with Crippen molar-refractivity contribution in [1.82, 2.24) is 4.98 Å². The maximum absolute atomic E-state index is 9.51. The van der Waals surface area contributed by atoms with Gasteiger partial charge in [-0.25, -0.2) is 4.98 Å². The van der Waals surface area contributed by atoms with Crippen LogP contribution in [0, 0.1) is 11.3 Å². The van der Waals surface area contributed by atoms with Crippen molar-refractivity contribution in [3.05, 3.63) is 22.9 Å². The molecule has 2 unspecified atom stereocenters. The Bertz CT molecular complexity index is 544. The molecule has 1 saturated heterocycles. The lowest BCUT2D eigenvalue weighted by molar-refractivity contribution is 0.612. The Morgan fingerprint density at radius 2 is 2.15 bits per heavy atom. The third-order valence-electron chi connectivity index (χ3n) is 4.90. The average molecular weight is 269 g/mol. The summed E-state index contributed by atoms with van der Waals surface area (Å²) in [6, 6.07) is 5.54. The second-order valence-corrected chi connectivity index (χ2v) is 6.18. The van der Waals surface area contributed by atoms with Gasteiger partial charge in [0, 0.05) is 17.8 Å². The molecule has 1 aliphatic carbocycles. The normalized spacial score (nSPS) is 25.4. The quantitative estimate of drug-likeness (QED) is 0.823. The number of anilines is 1. The van der Waals surface area contributed by atoms with Crippen LogP contribution in [-0.4, -0.2) is 17.1 Å². The van der Waals surface area contributed by atoms with Crippen LogP contribution in [0.5, 0.6) is 0 Å². The second-order valence-electron chi connectivity index (χ2n) is 6.18. The predicted octanol–water partition coefficient (Wildman–Crippen LogP) is 3.60. The van der Waals surface area contributed by atoms with E-state index in [0.29, 0.717) is 12.1 Å². The van der Waals surface area contributed by atoms with Gasteiger partial charge in [-0.2, -0.15) is 5.26 Å². The molecule has 2 heterocycles. The topological polar surface area (TPSA) is 39.9 Å². The first kappa shape index (κ1) is 13.4. The summed E-state index contributed by atoms with van der Waals surface area (Å²) >= 11 is 0. The fourth-order valence-corrected chi connectivity index (χ4v) is 3.76. The molecule has 3 heteroatoms. The summed E-state index contributed by atoms with van der Waals surface area (Å²) in [6.45, 7) is 4.50. The SMILES string of the molecule is CCC1CCC(C)N1c1nc2c(cc1C#N)CCCC2. The highest BCUT2D eigenvalue weighted by Crippen LogP contribution is 2.34. The lowest BCUT2D eigenvalue weighted by atomic mass is 9.94. The van der Waals surface area contributed by atoms with E-state index in [1.54, 1.807) is 0 Å². The molecule has 106 valence electrons. The van der Waals surface area contributed by atoms with E-state index in [9.17, 15) is 5.26 Å². The number of fused-ring (bicyclic) bond motifs is 1. The molecule has 1 aliphatic heterocycles. The van der Waals surface area contributed by atoms with Gasteiger partial charge in [0.15, 0.2) is 0 Å². The minimum atomic E-state index is 0.501. The lowest BCUT2D eigenvalue weighted by Gasteiger charge is -2.31. The number of nitrogens with zero attached hydrogens (tertiary/aromatic N) is 3. The molecule has 1 fully saturated rings. The van der Waals surface area contributed by atoms with Crippen molar-refractivity contribution in [3.8, 4) is 6.07 Å². The third-order valence-corrected chi connectivity index (χ3v) is 4.90. The van der Waals surface area contributed by atoms with Gasteiger partial charge in [-0.3, -0.25) is 0 Å². The highest BCUT2D eigenvalue weighted by atomic mass is 15.3. The van der Waals surface area contributed by atoms with Crippen LogP contribution < -0.4 is 4.90 Å². The summed E-state index contributed by atoms with van der Waals surface area (Å²) < 4.78 is 0. The highest BCUT2D eigenvalue weighted by Gasteiger charge is 2.32. The zero-order chi connectivity index (χ0) is 14.1. The van der Waals surface area contributed by atoms with Gasteiger partial charge < -0.3 is 4.90 Å². The molecule has 0 N–H and O–H groups in total. The van der Waals surface area contributed by atoms with Crippen molar-refractivity contribution >= 4 is 5.82 Å². The molecule has 20 heavy (non-hydrogen) atoms. The Kier molecular flexibility index (Phi) is 3.65. The standard InChI is InChI=1S/C17H23N3/c1-3-15-9-8-12(2)20(15)17-14(11-18)10-13-6-4-5-7-16(13)19-17/h10,12,15H,3-9H2,1-2H3. The van der Waals surface area contributed by atoms with Crippen LogP contribution >= 0.6 is 0 Å². The van der Waals surface area contributed by atoms with Crippen molar-refractivity contribution < 1.29 is 0 Å². The number of hydrogen-bond donors (Lipinski definition) is 0. The Morgan fingerprint density at radius 3 is 2.90 bits per heavy atom. The van der Waals surface area contributed by atoms with Gasteiger partial charge in [0.25, 0.3) is 0 Å². The molecule has 0 spiro atoms. The number of aryl methyl sites for hydroxylation is 2. The maximum Gasteiger partial charge on any atom is 0.147 e. The molecule has 2 aliphatic rings. The largest absolute Gasteiger partial charge is 0.350 e. The van der Waals surface area contributed by atoms with Crippen LogP contribution in [0.3, 0.4) is 0 Å². The van der Waals surface area contributed by atoms with Gasteiger partial charge in [-0.1, -0.05) is 6.92 Å². The first-order chi connectivity index (χ1) is 9.74. The van der Waals surface area contributed by atoms with E-state index in [1.165, 1.54) is 36.9 Å². The zero-order valence-corrected chi connectivity index (χ0v) is 12.5. The van der Waals surface area contributed by atoms with Crippen molar-refractivity contribution in [2.75, 3.05) is 4.90 Å². The first-order valence-corrected chi connectivity index (χ1v) is 7.95. The smallest absolute Gasteiger partial charge is 0.147 e. The summed E-state index contributed by atoms with van der Waals surface area (Å²) in [5.41, 5.74) is 3.31. The molecular weight excluding hydrogens is 246 g/mol. The number of pyridine rings is 1. The molecule has 3 rings (SSSR count). The number of hydrogen-bond acceptors (Lipinski definition) is 3. The Balaban J connectivity index is 2.06. The third kappa shape index (κ3) is 2.18. The number of nitriles is 1. The Labute approximate surface area is 121 Å². The monoisotopic (exact) mass is 269 g/mol. The Morgan fingerprint density at radius 1 is 1.35 bits per heavy atom. The van der Waals surface area contributed by atoms with Crippen LogP contribution in [0.25, 0.3) is 0 Å². The van der Waals surface area contributed by atoms with Crippen LogP contribution in [0.1, 0.15) is 62.8 Å². The van der Waals surface area contributed by atoms with Crippen molar-refractivity contribution in [3.63, 3.8) is 0 Å². The summed E-state index contributed by atoms with van der Waals surface area (Å²) in [4.78, 5) is 7.33. The Hall–Kier alpha value is -1.56. The number of rotatable bonds is 2. The summed E-state index contributed by atoms with van der Waals surface area (Å²) in [5.74, 6) is 0.949. The van der Waals surface area contributed by atoms with E-state index in [-0.39, 0.29) is 0 Å². The first-order valence-electron chi connectivity index (χ1n) is 7.95. The minimum absolute atomic E-state index is 0.501. The molecule has 3 nitrogen and oxygen atoms in total. The molecule has 0 amide bonds. The second kappa shape index (κ2) is 5.44. The highest BCUT2D eigenvalue weighted by molar-refractivity contribution is 5.58. The zero-order valence-electron chi connectivity index (χ0n) is 12.5. The number of aromatic nitrogens is 1. The van der Waals surface area contributed by atoms with Crippen molar-refractivity contribution in [2.24, 2.45) is 0 Å². The molecule has 1 aromatic rings. The molecule has 0 aromatic carbocycles. The summed E-state index contributed by atoms with van der Waals surface area (Å²) in [5, 5.41) is 9.51. The van der Waals surface area contributed by atoms with E-state index in [0.717, 1.165) is 30.6 Å². The van der Waals surface area contributed by atoms with Gasteiger partial charge in [0.2, 0.25) is 0 Å². The van der Waals surface area contributed by atoms with Crippen LogP contribution in [-0.2, 0) is 12.8 Å². The molecule has 1 aromatic heterocycles. The maximum atomic E-state index is 9.51. The van der Waals surface area contributed by atoms with Gasteiger partial charge >= 0.3 is 0 Å². The van der Waals surface area contributed by atoms with Crippen LogP contribution in [0.2, 0.25) is 0 Å². The summed E-state index contributed by atoms with van der Waals surface area (Å²) in [7, 11) is 0. The van der Waals surface area contributed by atoms with E-state index in [1.807, 2.05) is 0 Å². The molecule has 0 bridgehead atoms. The molecule has 0 radical (unpaired) electrons. The van der Waals surface area contributed by atoms with E-state index in [4.69, 9.17) is 4.98 Å². The average Bonchev–Trinajstić information content (AvgIpc) is 2.86. The van der Waals surface area contributed by atoms with Crippen molar-refractivity contribution in [1.29, 1.82) is 5.26 Å². The molecule has 0 saturated carbocycles.